The Bertz CT molecular complexity index is 421. The molecule has 0 aliphatic heterocycles. The van der Waals surface area contributed by atoms with Crippen LogP contribution in [0.15, 0.2) is 10.2 Å². The normalized spacial score (nSPS) is 16.6. The van der Waals surface area contributed by atoms with Crippen LogP contribution in [-0.4, -0.2) is 24.0 Å². The van der Waals surface area contributed by atoms with E-state index in [1.165, 1.54) is 13.8 Å². The second kappa shape index (κ2) is 8.59. The minimum Gasteiger partial charge on any atom is -0.548 e. The van der Waals surface area contributed by atoms with Crippen molar-refractivity contribution >= 4 is 11.9 Å². The van der Waals surface area contributed by atoms with Crippen LogP contribution in [-0.2, 0) is 9.59 Å². The Morgan fingerprint density at radius 1 is 0.950 bits per heavy atom. The number of hydrogen-bond donors (Lipinski definition) is 0. The van der Waals surface area contributed by atoms with Gasteiger partial charge in [0.1, 0.15) is 12.1 Å². The molecule has 0 aliphatic carbocycles. The lowest BCUT2D eigenvalue weighted by Gasteiger charge is -2.17. The second-order valence-electron chi connectivity index (χ2n) is 4.43. The van der Waals surface area contributed by atoms with E-state index in [0.717, 1.165) is 0 Å². The molecule has 4 unspecified atom stereocenters. The molecule has 0 bridgehead atoms. The van der Waals surface area contributed by atoms with E-state index in [9.17, 15) is 19.8 Å². The van der Waals surface area contributed by atoms with Gasteiger partial charge in [-0.25, -0.2) is 0 Å². The number of carboxylic acids is 2. The zero-order valence-corrected chi connectivity index (χ0v) is 11.1. The van der Waals surface area contributed by atoms with Gasteiger partial charge in [-0.3, -0.25) is 0 Å². The average Bonchev–Trinajstić information content (AvgIpc) is 2.40. The zero-order chi connectivity index (χ0) is 15.7. The van der Waals surface area contributed by atoms with Crippen molar-refractivity contribution in [3.8, 4) is 12.1 Å². The molecular formula is C12H14N4O4-2. The highest BCUT2D eigenvalue weighted by Gasteiger charge is 2.17. The van der Waals surface area contributed by atoms with Crippen LogP contribution >= 0.6 is 0 Å². The summed E-state index contributed by atoms with van der Waals surface area (Å²) >= 11 is 0. The van der Waals surface area contributed by atoms with Crippen molar-refractivity contribution in [2.45, 2.75) is 38.8 Å². The predicted molar refractivity (Wildman–Crippen MR) is 61.2 cm³/mol. The van der Waals surface area contributed by atoms with E-state index in [1.807, 2.05) is 12.1 Å². The Balaban J connectivity index is 4.88. The fraction of sp³-hybridized carbons (Fsp3) is 0.667. The van der Waals surface area contributed by atoms with Crippen LogP contribution in [0.2, 0.25) is 0 Å². The third kappa shape index (κ3) is 6.45. The second-order valence-corrected chi connectivity index (χ2v) is 4.43. The number of nitrogens with zero attached hydrogens (tertiary/aromatic N) is 4. The van der Waals surface area contributed by atoms with Gasteiger partial charge in [0.05, 0.1) is 24.1 Å². The number of nitriles is 2. The van der Waals surface area contributed by atoms with Gasteiger partial charge in [-0.15, -0.1) is 0 Å². The van der Waals surface area contributed by atoms with Gasteiger partial charge >= 0.3 is 0 Å². The van der Waals surface area contributed by atoms with Gasteiger partial charge in [-0.2, -0.15) is 20.8 Å². The van der Waals surface area contributed by atoms with Crippen LogP contribution in [0.5, 0.6) is 0 Å². The first kappa shape index (κ1) is 17.5. The maximum atomic E-state index is 10.8. The molecule has 0 amide bonds. The van der Waals surface area contributed by atoms with Crippen molar-refractivity contribution in [2.24, 2.45) is 22.1 Å². The molecule has 108 valence electrons. The van der Waals surface area contributed by atoms with Gasteiger partial charge in [0, 0.05) is 11.8 Å². The number of aliphatic carboxylic acids is 2. The third-order valence-corrected chi connectivity index (χ3v) is 2.48. The van der Waals surface area contributed by atoms with E-state index in [4.69, 9.17) is 10.5 Å². The molecular weight excluding hydrogens is 264 g/mol. The molecule has 0 rings (SSSR count). The Kier molecular flexibility index (Phi) is 7.53. The first-order valence-corrected chi connectivity index (χ1v) is 5.92. The lowest BCUT2D eigenvalue weighted by Crippen LogP contribution is -2.37. The van der Waals surface area contributed by atoms with Crippen molar-refractivity contribution in [3.05, 3.63) is 0 Å². The minimum atomic E-state index is -1.54. The summed E-state index contributed by atoms with van der Waals surface area (Å²) in [5.41, 5.74) is 0. The number of carboxylic acid groups (broad SMARTS) is 2. The summed E-state index contributed by atoms with van der Waals surface area (Å²) in [6.45, 7) is 3.00. The maximum Gasteiger partial charge on any atom is 0.111 e. The molecule has 0 aromatic carbocycles. The van der Waals surface area contributed by atoms with Crippen LogP contribution in [0.25, 0.3) is 0 Å². The average molecular weight is 278 g/mol. The van der Waals surface area contributed by atoms with E-state index in [0.29, 0.717) is 0 Å². The van der Waals surface area contributed by atoms with Crippen LogP contribution in [0.3, 0.4) is 0 Å². The van der Waals surface area contributed by atoms with Crippen LogP contribution in [0, 0.1) is 34.5 Å². The number of carbonyl (C=O) groups is 2. The lowest BCUT2D eigenvalue weighted by molar-refractivity contribution is -0.310. The van der Waals surface area contributed by atoms with E-state index in [-0.39, 0.29) is 12.8 Å². The SMILES string of the molecule is CC(C#N)CC(N=NC(CC(C)C#N)C(=O)[O-])C(=O)[O-]. The third-order valence-electron chi connectivity index (χ3n) is 2.48. The molecule has 8 heteroatoms. The molecule has 0 aliphatic rings. The van der Waals surface area contributed by atoms with Crippen molar-refractivity contribution < 1.29 is 19.8 Å². The van der Waals surface area contributed by atoms with Crippen molar-refractivity contribution in [1.82, 2.24) is 0 Å². The van der Waals surface area contributed by atoms with Gasteiger partial charge in [-0.05, 0) is 26.7 Å². The molecule has 8 nitrogen and oxygen atoms in total. The Hall–Kier alpha value is -2.48. The van der Waals surface area contributed by atoms with Crippen LogP contribution in [0.1, 0.15) is 26.7 Å². The molecule has 0 heterocycles. The Morgan fingerprint density at radius 2 is 1.25 bits per heavy atom. The number of carbonyl (C=O) groups excluding carboxylic acids is 2. The predicted octanol–water partition coefficient (Wildman–Crippen LogP) is -1.22. The molecule has 0 fully saturated rings. The molecule has 20 heavy (non-hydrogen) atoms. The van der Waals surface area contributed by atoms with E-state index in [1.54, 1.807) is 0 Å². The molecule has 0 aromatic heterocycles. The highest BCUT2D eigenvalue weighted by Crippen LogP contribution is 2.12. The number of rotatable bonds is 8. The topological polar surface area (TPSA) is 153 Å². The molecule has 0 aromatic rings. The summed E-state index contributed by atoms with van der Waals surface area (Å²) in [5.74, 6) is -4.25. The van der Waals surface area contributed by atoms with Crippen molar-refractivity contribution in [3.63, 3.8) is 0 Å². The van der Waals surface area contributed by atoms with Crippen LogP contribution < -0.4 is 10.2 Å². The monoisotopic (exact) mass is 278 g/mol. The van der Waals surface area contributed by atoms with E-state index < -0.39 is 35.9 Å². The maximum absolute atomic E-state index is 10.8. The first-order chi connectivity index (χ1) is 9.31. The summed E-state index contributed by atoms with van der Waals surface area (Å²) in [6.07, 6.45) is -0.258. The van der Waals surface area contributed by atoms with E-state index in [2.05, 4.69) is 10.2 Å². The first-order valence-electron chi connectivity index (χ1n) is 5.92. The Morgan fingerprint density at radius 3 is 1.45 bits per heavy atom. The van der Waals surface area contributed by atoms with Gasteiger partial charge < -0.3 is 19.8 Å². The van der Waals surface area contributed by atoms with E-state index >= 15 is 0 Å². The molecule has 0 saturated heterocycles. The van der Waals surface area contributed by atoms with Gasteiger partial charge in [0.25, 0.3) is 0 Å². The molecule has 0 N–H and O–H groups in total. The van der Waals surface area contributed by atoms with Crippen molar-refractivity contribution in [1.29, 1.82) is 10.5 Å². The number of azo groups is 1. The summed E-state index contributed by atoms with van der Waals surface area (Å²) in [7, 11) is 0. The fourth-order valence-corrected chi connectivity index (χ4v) is 1.32. The standard InChI is InChI=1S/C12H16N4O4/c1-7(5-13)3-9(11(17)18)15-16-10(12(19)20)4-8(2)6-14/h7-10H,3-4H2,1-2H3,(H,17,18)(H,19,20)/p-2. The number of hydrogen-bond acceptors (Lipinski definition) is 8. The summed E-state index contributed by atoms with van der Waals surface area (Å²) < 4.78 is 0. The smallest absolute Gasteiger partial charge is 0.111 e. The highest BCUT2D eigenvalue weighted by atomic mass is 16.4. The molecule has 0 spiro atoms. The minimum absolute atomic E-state index is 0.129. The Labute approximate surface area is 116 Å². The summed E-state index contributed by atoms with van der Waals surface area (Å²) in [6, 6.07) is 0.877. The highest BCUT2D eigenvalue weighted by molar-refractivity contribution is 5.72. The van der Waals surface area contributed by atoms with Crippen molar-refractivity contribution in [2.75, 3.05) is 0 Å². The molecule has 0 saturated carbocycles. The summed E-state index contributed by atoms with van der Waals surface area (Å²) in [4.78, 5) is 21.6. The van der Waals surface area contributed by atoms with Gasteiger partial charge in [0.15, 0.2) is 0 Å². The van der Waals surface area contributed by atoms with Crippen LogP contribution in [0.4, 0.5) is 0 Å². The summed E-state index contributed by atoms with van der Waals surface area (Å²) in [5, 5.41) is 45.7. The lowest BCUT2D eigenvalue weighted by atomic mass is 10.0. The molecule has 0 radical (unpaired) electrons. The zero-order valence-electron chi connectivity index (χ0n) is 11.1. The molecule has 4 atom stereocenters. The van der Waals surface area contributed by atoms with Gasteiger partial charge in [0.2, 0.25) is 0 Å². The fourth-order valence-electron chi connectivity index (χ4n) is 1.32. The largest absolute Gasteiger partial charge is 0.548 e. The quantitative estimate of drug-likeness (QED) is 0.507. The van der Waals surface area contributed by atoms with Gasteiger partial charge in [-0.1, -0.05) is 0 Å².